The van der Waals surface area contributed by atoms with Gasteiger partial charge in [-0.05, 0) is 52.0 Å². The van der Waals surface area contributed by atoms with Gasteiger partial charge in [0, 0.05) is 6.04 Å². The van der Waals surface area contributed by atoms with Crippen molar-refractivity contribution in [2.45, 2.75) is 73.0 Å². The van der Waals surface area contributed by atoms with Gasteiger partial charge in [0.15, 0.2) is 0 Å². The molecule has 2 atom stereocenters. The molecule has 0 amide bonds. The van der Waals surface area contributed by atoms with Gasteiger partial charge >= 0.3 is 0 Å². The maximum atomic E-state index is 5.89. The molecule has 0 radical (unpaired) electrons. The topological polar surface area (TPSA) is 21.3 Å². The summed E-state index contributed by atoms with van der Waals surface area (Å²) in [6, 6.07) is 0.493. The van der Waals surface area contributed by atoms with E-state index in [4.69, 9.17) is 4.74 Å². The molecule has 104 valence electrons. The van der Waals surface area contributed by atoms with E-state index in [0.717, 1.165) is 25.0 Å². The Labute approximate surface area is 109 Å². The summed E-state index contributed by atoms with van der Waals surface area (Å²) in [5.41, 5.74) is -0.0328. The molecule has 0 saturated heterocycles. The van der Waals surface area contributed by atoms with Crippen molar-refractivity contribution in [3.63, 3.8) is 0 Å². The van der Waals surface area contributed by atoms with Crippen molar-refractivity contribution in [3.8, 4) is 0 Å². The lowest BCUT2D eigenvalue weighted by Crippen LogP contribution is -2.37. The van der Waals surface area contributed by atoms with Crippen molar-refractivity contribution in [2.24, 2.45) is 11.8 Å². The van der Waals surface area contributed by atoms with Crippen LogP contribution in [0.2, 0.25) is 0 Å². The third-order valence-corrected chi connectivity index (χ3v) is 2.77. The van der Waals surface area contributed by atoms with Crippen LogP contribution in [0.25, 0.3) is 0 Å². The van der Waals surface area contributed by atoms with E-state index >= 15 is 0 Å². The van der Waals surface area contributed by atoms with E-state index in [-0.39, 0.29) is 5.60 Å². The second-order valence-electron chi connectivity index (χ2n) is 6.65. The number of likely N-dealkylation sites (N-methyl/N-ethyl adjacent to an activating group) is 1. The molecule has 2 heteroatoms. The van der Waals surface area contributed by atoms with Crippen molar-refractivity contribution in [3.05, 3.63) is 0 Å². The predicted molar refractivity (Wildman–Crippen MR) is 76.4 cm³/mol. The van der Waals surface area contributed by atoms with Crippen LogP contribution in [0.3, 0.4) is 0 Å². The Hall–Kier alpha value is -0.0800. The summed E-state index contributed by atoms with van der Waals surface area (Å²) < 4.78 is 5.89. The molecule has 2 nitrogen and oxygen atoms in total. The molecule has 2 unspecified atom stereocenters. The van der Waals surface area contributed by atoms with Crippen LogP contribution in [0, 0.1) is 11.8 Å². The molecule has 0 spiro atoms. The van der Waals surface area contributed by atoms with Crippen LogP contribution in [-0.4, -0.2) is 24.8 Å². The van der Waals surface area contributed by atoms with Gasteiger partial charge in [0.05, 0.1) is 12.2 Å². The lowest BCUT2D eigenvalue weighted by atomic mass is 9.93. The SMILES string of the molecule is CCNC(COC(C)(C)C)CC(C)CC(C)C. The molecule has 0 aliphatic carbocycles. The van der Waals surface area contributed by atoms with Crippen molar-refractivity contribution in [2.75, 3.05) is 13.2 Å². The molecular formula is C15H33NO. The molecule has 0 aliphatic heterocycles. The highest BCUT2D eigenvalue weighted by molar-refractivity contribution is 4.72. The normalized spacial score (nSPS) is 16.2. The predicted octanol–water partition coefficient (Wildman–Crippen LogP) is 3.85. The van der Waals surface area contributed by atoms with E-state index in [1.807, 2.05) is 0 Å². The van der Waals surface area contributed by atoms with Gasteiger partial charge in [-0.2, -0.15) is 0 Å². The van der Waals surface area contributed by atoms with Crippen LogP contribution in [0.1, 0.15) is 61.3 Å². The minimum absolute atomic E-state index is 0.0328. The van der Waals surface area contributed by atoms with Crippen molar-refractivity contribution >= 4 is 0 Å². The minimum atomic E-state index is -0.0328. The first kappa shape index (κ1) is 16.9. The molecular weight excluding hydrogens is 210 g/mol. The van der Waals surface area contributed by atoms with Gasteiger partial charge in [-0.15, -0.1) is 0 Å². The Balaban J connectivity index is 4.05. The van der Waals surface area contributed by atoms with E-state index in [0.29, 0.717) is 6.04 Å². The first-order valence-electron chi connectivity index (χ1n) is 7.12. The quantitative estimate of drug-likeness (QED) is 0.699. The average Bonchev–Trinajstić information content (AvgIpc) is 2.12. The van der Waals surface area contributed by atoms with Crippen LogP contribution in [0.15, 0.2) is 0 Å². The lowest BCUT2D eigenvalue weighted by molar-refractivity contribution is -0.0171. The van der Waals surface area contributed by atoms with Crippen LogP contribution >= 0.6 is 0 Å². The molecule has 0 aliphatic rings. The Morgan fingerprint density at radius 3 is 2.06 bits per heavy atom. The maximum Gasteiger partial charge on any atom is 0.0626 e. The summed E-state index contributed by atoms with van der Waals surface area (Å²) in [4.78, 5) is 0. The number of hydrogen-bond donors (Lipinski definition) is 1. The zero-order chi connectivity index (χ0) is 13.5. The number of rotatable bonds is 8. The van der Waals surface area contributed by atoms with E-state index in [2.05, 4.69) is 53.8 Å². The molecule has 0 rings (SSSR count). The van der Waals surface area contributed by atoms with Crippen molar-refractivity contribution in [1.82, 2.24) is 5.32 Å². The van der Waals surface area contributed by atoms with Crippen LogP contribution in [0.4, 0.5) is 0 Å². The molecule has 0 fully saturated rings. The Morgan fingerprint density at radius 2 is 1.65 bits per heavy atom. The van der Waals surface area contributed by atoms with Gasteiger partial charge in [0.25, 0.3) is 0 Å². The molecule has 0 bridgehead atoms. The van der Waals surface area contributed by atoms with E-state index < -0.39 is 0 Å². The zero-order valence-corrected chi connectivity index (χ0v) is 13.0. The van der Waals surface area contributed by atoms with E-state index in [9.17, 15) is 0 Å². The third-order valence-electron chi connectivity index (χ3n) is 2.77. The highest BCUT2D eigenvalue weighted by Gasteiger charge is 2.17. The molecule has 17 heavy (non-hydrogen) atoms. The number of nitrogens with one attached hydrogen (secondary N) is 1. The zero-order valence-electron chi connectivity index (χ0n) is 13.0. The molecule has 0 heterocycles. The molecule has 0 aromatic carbocycles. The highest BCUT2D eigenvalue weighted by Crippen LogP contribution is 2.17. The van der Waals surface area contributed by atoms with E-state index in [1.165, 1.54) is 12.8 Å². The Kier molecular flexibility index (Phi) is 8.06. The summed E-state index contributed by atoms with van der Waals surface area (Å²) >= 11 is 0. The third kappa shape index (κ3) is 10.8. The monoisotopic (exact) mass is 243 g/mol. The summed E-state index contributed by atoms with van der Waals surface area (Å²) in [7, 11) is 0. The minimum Gasteiger partial charge on any atom is -0.374 e. The van der Waals surface area contributed by atoms with Gasteiger partial charge in [-0.1, -0.05) is 27.7 Å². The van der Waals surface area contributed by atoms with Crippen LogP contribution < -0.4 is 5.32 Å². The summed E-state index contributed by atoms with van der Waals surface area (Å²) in [6.45, 7) is 17.3. The number of ether oxygens (including phenoxy) is 1. The van der Waals surface area contributed by atoms with Gasteiger partial charge in [-0.3, -0.25) is 0 Å². The smallest absolute Gasteiger partial charge is 0.0626 e. The molecule has 1 N–H and O–H groups in total. The summed E-state index contributed by atoms with van der Waals surface area (Å²) in [6.07, 6.45) is 2.51. The highest BCUT2D eigenvalue weighted by atomic mass is 16.5. The lowest BCUT2D eigenvalue weighted by Gasteiger charge is -2.27. The Morgan fingerprint density at radius 1 is 1.06 bits per heavy atom. The first-order chi connectivity index (χ1) is 7.74. The van der Waals surface area contributed by atoms with Crippen molar-refractivity contribution in [1.29, 1.82) is 0 Å². The van der Waals surface area contributed by atoms with Gasteiger partial charge in [-0.25, -0.2) is 0 Å². The van der Waals surface area contributed by atoms with Crippen molar-refractivity contribution < 1.29 is 4.74 Å². The molecule has 0 aromatic rings. The average molecular weight is 243 g/mol. The van der Waals surface area contributed by atoms with Gasteiger partial charge in [0.2, 0.25) is 0 Å². The number of hydrogen-bond acceptors (Lipinski definition) is 2. The standard InChI is InChI=1S/C15H33NO/c1-8-16-14(11-17-15(5,6)7)10-13(4)9-12(2)3/h12-14,16H,8-11H2,1-7H3. The summed E-state index contributed by atoms with van der Waals surface area (Å²) in [5.74, 6) is 1.55. The second-order valence-corrected chi connectivity index (χ2v) is 6.65. The van der Waals surface area contributed by atoms with Crippen LogP contribution in [-0.2, 0) is 4.74 Å². The first-order valence-corrected chi connectivity index (χ1v) is 7.12. The summed E-state index contributed by atoms with van der Waals surface area (Å²) in [5, 5.41) is 3.53. The maximum absolute atomic E-state index is 5.89. The fourth-order valence-electron chi connectivity index (χ4n) is 2.24. The molecule has 0 saturated carbocycles. The Bertz CT molecular complexity index is 184. The molecule has 0 aromatic heterocycles. The van der Waals surface area contributed by atoms with Gasteiger partial charge < -0.3 is 10.1 Å². The van der Waals surface area contributed by atoms with E-state index in [1.54, 1.807) is 0 Å². The second kappa shape index (κ2) is 8.10. The van der Waals surface area contributed by atoms with Crippen LogP contribution in [0.5, 0.6) is 0 Å². The largest absolute Gasteiger partial charge is 0.374 e. The fraction of sp³-hybridized carbons (Fsp3) is 1.00. The fourth-order valence-corrected chi connectivity index (χ4v) is 2.24. The van der Waals surface area contributed by atoms with Gasteiger partial charge in [0.1, 0.15) is 0 Å².